The number of Topliss-reactive ketones (excluding diaryl/α,β-unsaturated/α-hetero) is 1. The molecule has 0 amide bonds. The van der Waals surface area contributed by atoms with Crippen molar-refractivity contribution in [2.75, 3.05) is 5.73 Å². The zero-order chi connectivity index (χ0) is 15.0. The van der Waals surface area contributed by atoms with Crippen molar-refractivity contribution in [2.24, 2.45) is 0 Å². The second-order valence-corrected chi connectivity index (χ2v) is 5.57. The molecule has 0 bridgehead atoms. The van der Waals surface area contributed by atoms with E-state index < -0.39 is 0 Å². The topological polar surface area (TPSA) is 78.1 Å². The summed E-state index contributed by atoms with van der Waals surface area (Å²) in [7, 11) is 0. The van der Waals surface area contributed by atoms with Crippen LogP contribution in [0.25, 0.3) is 10.2 Å². The summed E-state index contributed by atoms with van der Waals surface area (Å²) in [4.78, 5) is 20.1. The largest absolute Gasteiger partial charge is 0.437 e. The van der Waals surface area contributed by atoms with E-state index in [4.69, 9.17) is 10.5 Å². The van der Waals surface area contributed by atoms with Crippen LogP contribution >= 0.6 is 11.3 Å². The van der Waals surface area contributed by atoms with E-state index in [1.54, 1.807) is 18.2 Å². The molecule has 1 aromatic carbocycles. The summed E-state index contributed by atoms with van der Waals surface area (Å²) in [6.45, 7) is 3.46. The molecule has 3 rings (SSSR count). The summed E-state index contributed by atoms with van der Waals surface area (Å²) in [6.07, 6.45) is 1.46. The van der Waals surface area contributed by atoms with Gasteiger partial charge in [0.05, 0.1) is 11.1 Å². The van der Waals surface area contributed by atoms with Gasteiger partial charge in [0.2, 0.25) is 5.88 Å². The fraction of sp³-hybridized carbons (Fsp3) is 0.133. The van der Waals surface area contributed by atoms with Gasteiger partial charge >= 0.3 is 0 Å². The Kier molecular flexibility index (Phi) is 3.31. The van der Waals surface area contributed by atoms with Crippen molar-refractivity contribution in [2.45, 2.75) is 13.8 Å². The van der Waals surface area contributed by atoms with Crippen LogP contribution in [-0.4, -0.2) is 15.8 Å². The zero-order valence-electron chi connectivity index (χ0n) is 11.6. The second-order valence-electron chi connectivity index (χ2n) is 4.69. The van der Waals surface area contributed by atoms with Gasteiger partial charge in [-0.05, 0) is 43.0 Å². The number of carbonyl (C=O) groups is 1. The number of aromatic nitrogens is 2. The molecule has 5 nitrogen and oxygen atoms in total. The lowest BCUT2D eigenvalue weighted by Gasteiger charge is -2.09. The quantitative estimate of drug-likeness (QED) is 0.591. The maximum absolute atomic E-state index is 11.7. The van der Waals surface area contributed by atoms with Crippen LogP contribution in [0.1, 0.15) is 22.8 Å². The van der Waals surface area contributed by atoms with Gasteiger partial charge in [-0.15, -0.1) is 11.3 Å². The summed E-state index contributed by atoms with van der Waals surface area (Å²) in [5, 5.41) is 2.00. The molecule has 0 atom stereocenters. The molecule has 2 N–H and O–H groups in total. The van der Waals surface area contributed by atoms with Crippen LogP contribution < -0.4 is 10.5 Å². The van der Waals surface area contributed by atoms with Crippen molar-refractivity contribution in [3.63, 3.8) is 0 Å². The smallest absolute Gasteiger partial charge is 0.240 e. The van der Waals surface area contributed by atoms with E-state index in [-0.39, 0.29) is 5.78 Å². The summed E-state index contributed by atoms with van der Waals surface area (Å²) in [6, 6.07) is 4.98. The van der Waals surface area contributed by atoms with E-state index in [9.17, 15) is 4.79 Å². The van der Waals surface area contributed by atoms with Gasteiger partial charge in [0, 0.05) is 5.69 Å². The molecule has 0 saturated heterocycles. The lowest BCUT2D eigenvalue weighted by atomic mass is 10.1. The Balaban J connectivity index is 2.09. The van der Waals surface area contributed by atoms with Gasteiger partial charge in [-0.25, -0.2) is 9.97 Å². The highest BCUT2D eigenvalue weighted by Crippen LogP contribution is 2.34. The highest BCUT2D eigenvalue weighted by atomic mass is 32.1. The monoisotopic (exact) mass is 299 g/mol. The van der Waals surface area contributed by atoms with E-state index in [0.717, 1.165) is 15.8 Å². The van der Waals surface area contributed by atoms with Crippen molar-refractivity contribution >= 4 is 33.0 Å². The fourth-order valence-corrected chi connectivity index (χ4v) is 2.96. The molecule has 2 aromatic heterocycles. The Hall–Kier alpha value is -2.47. The maximum Gasteiger partial charge on any atom is 0.240 e. The molecule has 0 aliphatic carbocycles. The Morgan fingerprint density at radius 2 is 2.14 bits per heavy atom. The van der Waals surface area contributed by atoms with Crippen LogP contribution in [0.3, 0.4) is 0 Å². The van der Waals surface area contributed by atoms with Crippen LogP contribution in [0.15, 0.2) is 29.9 Å². The number of ether oxygens (including phenoxy) is 1. The minimum atomic E-state index is -0.107. The van der Waals surface area contributed by atoms with Crippen molar-refractivity contribution in [1.82, 2.24) is 9.97 Å². The predicted octanol–water partition coefficient (Wildman–Crippen LogP) is 3.58. The summed E-state index contributed by atoms with van der Waals surface area (Å²) in [5.41, 5.74) is 8.62. The first-order valence-corrected chi connectivity index (χ1v) is 7.21. The van der Waals surface area contributed by atoms with Crippen LogP contribution in [0, 0.1) is 6.92 Å². The standard InChI is InChI=1S/C15H13N3O2S/c1-8-6-21-14-13(8)17-7-18-15(14)20-12-4-3-10(16)5-11(12)9(2)19/h3-7H,16H2,1-2H3. The van der Waals surface area contributed by atoms with Gasteiger partial charge in [-0.3, -0.25) is 4.79 Å². The average molecular weight is 299 g/mol. The molecule has 21 heavy (non-hydrogen) atoms. The first-order valence-electron chi connectivity index (χ1n) is 6.33. The van der Waals surface area contributed by atoms with E-state index >= 15 is 0 Å². The molecule has 0 aliphatic rings. The first kappa shape index (κ1) is 13.5. The van der Waals surface area contributed by atoms with E-state index in [2.05, 4.69) is 9.97 Å². The molecule has 0 radical (unpaired) electrons. The van der Waals surface area contributed by atoms with E-state index in [1.807, 2.05) is 12.3 Å². The molecule has 0 saturated carbocycles. The van der Waals surface area contributed by atoms with Crippen molar-refractivity contribution in [3.8, 4) is 11.6 Å². The minimum absolute atomic E-state index is 0.107. The SMILES string of the molecule is CC(=O)c1cc(N)ccc1Oc1ncnc2c(C)csc12. The molecule has 0 aliphatic heterocycles. The second kappa shape index (κ2) is 5.14. The Morgan fingerprint density at radius 1 is 1.33 bits per heavy atom. The number of carbonyl (C=O) groups excluding carboxylic acids is 1. The summed E-state index contributed by atoms with van der Waals surface area (Å²) in [5.74, 6) is 0.790. The number of nitrogen functional groups attached to an aromatic ring is 1. The number of aryl methyl sites for hydroxylation is 1. The van der Waals surface area contributed by atoms with Crippen molar-refractivity contribution in [1.29, 1.82) is 0 Å². The number of rotatable bonds is 3. The summed E-state index contributed by atoms with van der Waals surface area (Å²) < 4.78 is 6.70. The molecule has 0 unspecified atom stereocenters. The van der Waals surface area contributed by atoms with Crippen molar-refractivity contribution in [3.05, 3.63) is 41.0 Å². The van der Waals surface area contributed by atoms with Crippen LogP contribution in [0.4, 0.5) is 5.69 Å². The normalized spacial score (nSPS) is 10.8. The van der Waals surface area contributed by atoms with Gasteiger partial charge in [-0.1, -0.05) is 0 Å². The number of hydrogen-bond acceptors (Lipinski definition) is 6. The van der Waals surface area contributed by atoms with Crippen LogP contribution in [0.5, 0.6) is 11.6 Å². The molecule has 0 fully saturated rings. The molecule has 3 aromatic rings. The molecule has 2 heterocycles. The Morgan fingerprint density at radius 3 is 2.90 bits per heavy atom. The van der Waals surface area contributed by atoms with Gasteiger partial charge in [0.15, 0.2) is 5.78 Å². The summed E-state index contributed by atoms with van der Waals surface area (Å²) >= 11 is 1.52. The molecular weight excluding hydrogens is 286 g/mol. The van der Waals surface area contributed by atoms with Gasteiger partial charge in [-0.2, -0.15) is 0 Å². The molecule has 6 heteroatoms. The maximum atomic E-state index is 11.7. The van der Waals surface area contributed by atoms with E-state index in [0.29, 0.717) is 22.9 Å². The van der Waals surface area contributed by atoms with Gasteiger partial charge in [0.1, 0.15) is 16.8 Å². The number of thiophene rings is 1. The molecule has 106 valence electrons. The lowest BCUT2D eigenvalue weighted by Crippen LogP contribution is -2.00. The van der Waals surface area contributed by atoms with Gasteiger partial charge in [0.25, 0.3) is 0 Å². The molecular formula is C15H13N3O2S. The number of fused-ring (bicyclic) bond motifs is 1. The van der Waals surface area contributed by atoms with Crippen molar-refractivity contribution < 1.29 is 9.53 Å². The Bertz CT molecular complexity index is 842. The third-order valence-electron chi connectivity index (χ3n) is 3.09. The average Bonchev–Trinajstić information content (AvgIpc) is 2.83. The highest BCUT2D eigenvalue weighted by Gasteiger charge is 2.14. The number of benzene rings is 1. The number of anilines is 1. The first-order chi connectivity index (χ1) is 10.1. The third-order valence-corrected chi connectivity index (χ3v) is 4.16. The minimum Gasteiger partial charge on any atom is -0.437 e. The zero-order valence-corrected chi connectivity index (χ0v) is 12.4. The highest BCUT2D eigenvalue weighted by molar-refractivity contribution is 7.17. The fourth-order valence-electron chi connectivity index (χ4n) is 2.04. The van der Waals surface area contributed by atoms with E-state index in [1.165, 1.54) is 24.6 Å². The number of ketones is 1. The predicted molar refractivity (Wildman–Crippen MR) is 83.1 cm³/mol. The number of nitrogens with zero attached hydrogens (tertiary/aromatic N) is 2. The van der Waals surface area contributed by atoms with Crippen LogP contribution in [0.2, 0.25) is 0 Å². The number of nitrogens with two attached hydrogens (primary N) is 1. The van der Waals surface area contributed by atoms with Gasteiger partial charge < -0.3 is 10.5 Å². The Labute approximate surface area is 125 Å². The molecule has 0 spiro atoms. The number of hydrogen-bond donors (Lipinski definition) is 1. The lowest BCUT2D eigenvalue weighted by molar-refractivity contribution is 0.101. The third kappa shape index (κ3) is 2.45. The van der Waals surface area contributed by atoms with Crippen LogP contribution in [-0.2, 0) is 0 Å².